The zero-order valence-electron chi connectivity index (χ0n) is 22.1. The molecule has 2 aromatic carbocycles. The molecular weight excluding hydrogens is 509 g/mol. The highest BCUT2D eigenvalue weighted by Gasteiger charge is 2.46. The van der Waals surface area contributed by atoms with E-state index in [2.05, 4.69) is 10.6 Å². The van der Waals surface area contributed by atoms with Gasteiger partial charge in [-0.3, -0.25) is 24.5 Å². The van der Waals surface area contributed by atoms with Crippen LogP contribution in [0.15, 0.2) is 18.2 Å². The molecule has 2 aromatic rings. The third kappa shape index (κ3) is 4.59. The summed E-state index contributed by atoms with van der Waals surface area (Å²) in [6.07, 6.45) is 0.372. The fourth-order valence-electron chi connectivity index (χ4n) is 5.25. The Labute approximate surface area is 229 Å². The van der Waals surface area contributed by atoms with Gasteiger partial charge in [0, 0.05) is 34.5 Å². The molecule has 0 bridgehead atoms. The molecule has 2 aliphatic heterocycles. The van der Waals surface area contributed by atoms with E-state index in [0.717, 1.165) is 0 Å². The van der Waals surface area contributed by atoms with E-state index < -0.39 is 29.1 Å². The number of fused-ring (bicyclic) bond motifs is 1. The lowest BCUT2D eigenvalue weighted by Crippen LogP contribution is -2.56. The lowest BCUT2D eigenvalue weighted by Gasteiger charge is -2.32. The summed E-state index contributed by atoms with van der Waals surface area (Å²) in [5.74, 6) is -6.50. The van der Waals surface area contributed by atoms with Crippen LogP contribution in [0, 0.1) is 0 Å². The van der Waals surface area contributed by atoms with Crippen LogP contribution < -0.4 is 32.5 Å². The van der Waals surface area contributed by atoms with Crippen LogP contribution >= 0.6 is 11.6 Å². The Kier molecular flexibility index (Phi) is 7.14. The Morgan fingerprint density at radius 1 is 1.05 bits per heavy atom. The highest BCUT2D eigenvalue weighted by atomic mass is 35.5. The number of nitrogens with one attached hydrogen (secondary N) is 2. The summed E-state index contributed by atoms with van der Waals surface area (Å²) >= 11 is 6.30. The van der Waals surface area contributed by atoms with E-state index in [1.807, 2.05) is 0 Å². The van der Waals surface area contributed by atoms with Gasteiger partial charge in [-0.15, -0.1) is 0 Å². The van der Waals surface area contributed by atoms with Crippen molar-refractivity contribution in [1.82, 2.24) is 15.5 Å². The Hall–Kier alpha value is -2.94. The SMILES string of the molecule is Bc1c(B)c(C(F)(F)C(=O)NC(B)(B)c2ccc3c(c2)CN(C2CCC(=O)NC2=O)C3=O)c(B)c(B)c1Cl. The molecule has 0 radical (unpaired) electrons. The van der Waals surface area contributed by atoms with Gasteiger partial charge < -0.3 is 10.2 Å². The van der Waals surface area contributed by atoms with E-state index in [0.29, 0.717) is 32.6 Å². The molecule has 2 aliphatic rings. The van der Waals surface area contributed by atoms with Crippen molar-refractivity contribution in [3.05, 3.63) is 45.5 Å². The standard InChI is InChI=1S/C22H24B6ClF2N3O4/c23-13-12(14(24)16(26)17(29)15(13)25)21(30,31)20(38)33-22(27,28)8-1-2-9-7(5-8)6-34(19(9)37)10-3-4-11(35)32-18(10)36/h1-2,5,10H,3-4,6,23-28H2,(H,33,38)(H,32,35,36). The summed E-state index contributed by atoms with van der Waals surface area (Å²) in [6, 6.07) is 4.10. The predicted molar refractivity (Wildman–Crippen MR) is 157 cm³/mol. The first-order chi connectivity index (χ1) is 17.6. The summed E-state index contributed by atoms with van der Waals surface area (Å²) in [4.78, 5) is 51.2. The number of piperidine rings is 1. The largest absolute Gasteiger partial charge is 0.357 e. The fourth-order valence-corrected chi connectivity index (χ4v) is 5.53. The zero-order valence-corrected chi connectivity index (χ0v) is 22.9. The Morgan fingerprint density at radius 3 is 2.24 bits per heavy atom. The number of hydrogen-bond acceptors (Lipinski definition) is 4. The second-order valence-electron chi connectivity index (χ2n) is 10.6. The fraction of sp³-hybridized carbons (Fsp3) is 0.273. The Bertz CT molecular complexity index is 1390. The topological polar surface area (TPSA) is 95.6 Å². The molecule has 1 saturated heterocycles. The van der Waals surface area contributed by atoms with Crippen LogP contribution in [-0.2, 0) is 32.2 Å². The molecule has 1 atom stereocenters. The molecule has 2 N–H and O–H groups in total. The molecule has 1 unspecified atom stereocenters. The minimum absolute atomic E-state index is 0.135. The van der Waals surface area contributed by atoms with Crippen LogP contribution in [0.5, 0.6) is 0 Å². The molecule has 7 nitrogen and oxygen atoms in total. The van der Waals surface area contributed by atoms with Crippen molar-refractivity contribution in [1.29, 1.82) is 0 Å². The normalized spacial score (nSPS) is 17.8. The van der Waals surface area contributed by atoms with Crippen LogP contribution in [0.1, 0.15) is 39.9 Å². The highest BCUT2D eigenvalue weighted by molar-refractivity contribution is 6.64. The molecule has 0 spiro atoms. The molecule has 0 aliphatic carbocycles. The van der Waals surface area contributed by atoms with Crippen LogP contribution in [-0.4, -0.2) is 81.6 Å². The predicted octanol–water partition coefficient (Wildman–Crippen LogP) is -6.58. The van der Waals surface area contributed by atoms with E-state index in [1.54, 1.807) is 49.6 Å². The van der Waals surface area contributed by atoms with Gasteiger partial charge in [0.05, 0.1) is 0 Å². The first kappa shape index (κ1) is 28.1. The molecule has 16 heteroatoms. The summed E-state index contributed by atoms with van der Waals surface area (Å²) < 4.78 is 31.3. The maximum absolute atomic E-state index is 15.6. The molecule has 0 saturated carbocycles. The number of hydrogen-bond donors (Lipinski definition) is 2. The summed E-state index contributed by atoms with van der Waals surface area (Å²) in [6.45, 7) is 0.135. The average Bonchev–Trinajstić information content (AvgIpc) is 3.16. The van der Waals surface area contributed by atoms with Gasteiger partial charge in [0.25, 0.3) is 11.8 Å². The van der Waals surface area contributed by atoms with E-state index in [1.165, 1.54) is 20.6 Å². The first-order valence-electron chi connectivity index (χ1n) is 12.3. The zero-order chi connectivity index (χ0) is 28.3. The maximum atomic E-state index is 15.6. The number of carbonyl (C=O) groups excluding carboxylic acids is 4. The van der Waals surface area contributed by atoms with Crippen LogP contribution in [0.4, 0.5) is 8.78 Å². The summed E-state index contributed by atoms with van der Waals surface area (Å²) in [5.41, 5.74) is 2.70. The van der Waals surface area contributed by atoms with Gasteiger partial charge in [0.2, 0.25) is 11.8 Å². The molecule has 4 amide bonds. The van der Waals surface area contributed by atoms with Gasteiger partial charge in [-0.25, -0.2) is 0 Å². The van der Waals surface area contributed by atoms with Crippen molar-refractivity contribution >= 4 is 104 Å². The first-order valence-corrected chi connectivity index (χ1v) is 12.7. The Morgan fingerprint density at radius 2 is 1.66 bits per heavy atom. The minimum atomic E-state index is -3.82. The molecule has 38 heavy (non-hydrogen) atoms. The summed E-state index contributed by atoms with van der Waals surface area (Å²) in [7, 11) is 9.57. The van der Waals surface area contributed by atoms with Gasteiger partial charge in [0.15, 0.2) is 0 Å². The van der Waals surface area contributed by atoms with Crippen LogP contribution in [0.3, 0.4) is 0 Å². The van der Waals surface area contributed by atoms with E-state index in [4.69, 9.17) is 11.6 Å². The lowest BCUT2D eigenvalue weighted by molar-refractivity contribution is -0.147. The highest BCUT2D eigenvalue weighted by Crippen LogP contribution is 2.31. The van der Waals surface area contributed by atoms with Gasteiger partial charge in [-0.1, -0.05) is 45.6 Å². The molecule has 0 aromatic heterocycles. The van der Waals surface area contributed by atoms with Gasteiger partial charge in [0.1, 0.15) is 53.1 Å². The molecular formula is C22H24B6ClF2N3O4. The van der Waals surface area contributed by atoms with Crippen molar-refractivity contribution in [3.8, 4) is 0 Å². The number of imide groups is 1. The third-order valence-electron chi connectivity index (χ3n) is 7.80. The summed E-state index contributed by atoms with van der Waals surface area (Å²) in [5, 5.41) is 3.94. The average molecular weight is 533 g/mol. The van der Waals surface area contributed by atoms with Crippen molar-refractivity contribution < 1.29 is 28.0 Å². The van der Waals surface area contributed by atoms with Gasteiger partial charge in [-0.05, 0) is 23.6 Å². The quantitative estimate of drug-likeness (QED) is 0.296. The van der Waals surface area contributed by atoms with Crippen molar-refractivity contribution in [3.63, 3.8) is 0 Å². The number of alkyl halides is 2. The van der Waals surface area contributed by atoms with Crippen LogP contribution in [0.25, 0.3) is 0 Å². The number of rotatable bonds is 5. The van der Waals surface area contributed by atoms with E-state index >= 15 is 8.78 Å². The molecule has 1 fully saturated rings. The second-order valence-corrected chi connectivity index (χ2v) is 11.0. The number of halogens is 3. The minimum Gasteiger partial charge on any atom is -0.357 e. The van der Waals surface area contributed by atoms with Gasteiger partial charge >= 0.3 is 5.92 Å². The van der Waals surface area contributed by atoms with Crippen molar-refractivity contribution in [2.24, 2.45) is 0 Å². The monoisotopic (exact) mass is 533 g/mol. The second kappa shape index (κ2) is 9.67. The Balaban J connectivity index is 1.59. The molecule has 190 valence electrons. The lowest BCUT2D eigenvalue weighted by atomic mass is 9.57. The molecule has 2 heterocycles. The maximum Gasteiger partial charge on any atom is 0.348 e. The van der Waals surface area contributed by atoms with E-state index in [9.17, 15) is 19.2 Å². The van der Waals surface area contributed by atoms with E-state index in [-0.39, 0.29) is 47.7 Å². The van der Waals surface area contributed by atoms with Crippen LogP contribution in [0.2, 0.25) is 5.02 Å². The number of nitrogens with zero attached hydrogens (tertiary/aromatic N) is 1. The third-order valence-corrected chi connectivity index (χ3v) is 8.37. The van der Waals surface area contributed by atoms with Crippen molar-refractivity contribution in [2.75, 3.05) is 0 Å². The van der Waals surface area contributed by atoms with Crippen molar-refractivity contribution in [2.45, 2.75) is 36.7 Å². The number of carbonyl (C=O) groups is 4. The number of benzene rings is 2. The number of amides is 4. The van der Waals surface area contributed by atoms with Gasteiger partial charge in [-0.2, -0.15) is 8.78 Å². The smallest absolute Gasteiger partial charge is 0.348 e. The molecule has 4 rings (SSSR count).